The smallest absolute Gasteiger partial charge is 0.329 e. The molecule has 0 saturated heterocycles. The van der Waals surface area contributed by atoms with Crippen LogP contribution < -0.4 is 10.6 Å². The number of aliphatic carboxylic acids is 1. The Hall–Kier alpha value is -1.98. The molecule has 1 unspecified atom stereocenters. The van der Waals surface area contributed by atoms with E-state index in [4.69, 9.17) is 4.42 Å². The van der Waals surface area contributed by atoms with Crippen LogP contribution in [0.3, 0.4) is 0 Å². The minimum atomic E-state index is -1.12. The van der Waals surface area contributed by atoms with Crippen LogP contribution in [0.1, 0.15) is 55.7 Å². The zero-order valence-electron chi connectivity index (χ0n) is 12.7. The summed E-state index contributed by atoms with van der Waals surface area (Å²) < 4.78 is 5.44. The minimum absolute atomic E-state index is 0.241. The molecule has 1 atom stereocenters. The molecule has 2 rings (SSSR count). The minimum Gasteiger partial charge on any atom is -0.480 e. The Kier molecular flexibility index (Phi) is 4.25. The van der Waals surface area contributed by atoms with Crippen molar-refractivity contribution in [3.63, 3.8) is 0 Å². The summed E-state index contributed by atoms with van der Waals surface area (Å²) in [6.45, 7) is 5.54. The first kappa shape index (κ1) is 15.4. The molecule has 116 valence electrons. The van der Waals surface area contributed by atoms with Crippen molar-refractivity contribution in [2.45, 2.75) is 58.0 Å². The van der Waals surface area contributed by atoms with Crippen molar-refractivity contribution in [3.8, 4) is 0 Å². The number of nitrogens with one attached hydrogen (secondary N) is 2. The van der Waals surface area contributed by atoms with Crippen molar-refractivity contribution in [2.75, 3.05) is 0 Å². The third-order valence-electron chi connectivity index (χ3n) is 4.11. The maximum absolute atomic E-state index is 12.1. The Bertz CT molecular complexity index is 544. The van der Waals surface area contributed by atoms with Crippen LogP contribution in [-0.2, 0) is 4.79 Å². The molecule has 1 aliphatic carbocycles. The van der Waals surface area contributed by atoms with Gasteiger partial charge in [0.05, 0.1) is 6.04 Å². The van der Waals surface area contributed by atoms with Crippen molar-refractivity contribution in [2.24, 2.45) is 0 Å². The summed E-state index contributed by atoms with van der Waals surface area (Å²) in [5.74, 6) is 0.585. The quantitative estimate of drug-likeness (QED) is 0.796. The Morgan fingerprint density at radius 3 is 2.43 bits per heavy atom. The number of hydrogen-bond donors (Lipinski definition) is 3. The van der Waals surface area contributed by atoms with Crippen molar-refractivity contribution < 1.29 is 19.1 Å². The zero-order valence-corrected chi connectivity index (χ0v) is 12.7. The molecule has 0 aromatic carbocycles. The number of rotatable bonds is 4. The van der Waals surface area contributed by atoms with E-state index in [1.54, 1.807) is 0 Å². The molecule has 2 amide bonds. The molecule has 0 spiro atoms. The summed E-state index contributed by atoms with van der Waals surface area (Å²) >= 11 is 0. The van der Waals surface area contributed by atoms with Crippen LogP contribution in [0.4, 0.5) is 4.79 Å². The molecule has 3 N–H and O–H groups in total. The second kappa shape index (κ2) is 5.79. The molecule has 1 fully saturated rings. The normalized spacial score (nSPS) is 18.2. The fourth-order valence-electron chi connectivity index (χ4n) is 2.98. The molecule has 21 heavy (non-hydrogen) atoms. The predicted molar refractivity (Wildman–Crippen MR) is 77.1 cm³/mol. The third-order valence-corrected chi connectivity index (χ3v) is 4.11. The summed E-state index contributed by atoms with van der Waals surface area (Å²) in [5.41, 5.74) is -0.219. The lowest BCUT2D eigenvalue weighted by molar-refractivity contribution is -0.144. The second-order valence-electron chi connectivity index (χ2n) is 5.78. The number of carboxylic acid groups (broad SMARTS) is 1. The molecule has 1 aliphatic rings. The summed E-state index contributed by atoms with van der Waals surface area (Å²) in [7, 11) is 0. The van der Waals surface area contributed by atoms with Gasteiger partial charge in [-0.15, -0.1) is 0 Å². The standard InChI is InChI=1S/C15H22N2O4/c1-9-8-12(11(3)21-9)10(2)16-14(20)17-15(13(18)19)6-4-5-7-15/h8,10H,4-7H2,1-3H3,(H,18,19)(H2,16,17,20). The van der Waals surface area contributed by atoms with E-state index < -0.39 is 17.5 Å². The van der Waals surface area contributed by atoms with Gasteiger partial charge in [0, 0.05) is 5.56 Å². The summed E-state index contributed by atoms with van der Waals surface area (Å²) in [6.07, 6.45) is 2.60. The number of furan rings is 1. The lowest BCUT2D eigenvalue weighted by Crippen LogP contribution is -2.55. The molecule has 6 nitrogen and oxygen atoms in total. The number of aryl methyl sites for hydroxylation is 2. The molecule has 1 aromatic heterocycles. The Labute approximate surface area is 123 Å². The Morgan fingerprint density at radius 1 is 1.33 bits per heavy atom. The van der Waals surface area contributed by atoms with Gasteiger partial charge in [0.2, 0.25) is 0 Å². The number of carbonyl (C=O) groups excluding carboxylic acids is 1. The molecule has 1 saturated carbocycles. The molecule has 6 heteroatoms. The van der Waals surface area contributed by atoms with Crippen LogP contribution in [0.15, 0.2) is 10.5 Å². The van der Waals surface area contributed by atoms with Gasteiger partial charge in [-0.2, -0.15) is 0 Å². The topological polar surface area (TPSA) is 91.6 Å². The zero-order chi connectivity index (χ0) is 15.6. The highest BCUT2D eigenvalue weighted by atomic mass is 16.4. The fourth-order valence-corrected chi connectivity index (χ4v) is 2.98. The summed E-state index contributed by atoms with van der Waals surface area (Å²) in [4.78, 5) is 23.5. The van der Waals surface area contributed by atoms with Gasteiger partial charge in [-0.05, 0) is 39.7 Å². The van der Waals surface area contributed by atoms with Gasteiger partial charge in [0.1, 0.15) is 17.1 Å². The first-order chi connectivity index (χ1) is 9.84. The maximum atomic E-state index is 12.1. The highest BCUT2D eigenvalue weighted by molar-refractivity contribution is 5.86. The SMILES string of the molecule is Cc1cc(C(C)NC(=O)NC2(C(=O)O)CCCC2)c(C)o1. The monoisotopic (exact) mass is 294 g/mol. The average Bonchev–Trinajstić information content (AvgIpc) is 2.96. The molecule has 1 aromatic rings. The molecular formula is C15H22N2O4. The highest BCUT2D eigenvalue weighted by Crippen LogP contribution is 2.30. The van der Waals surface area contributed by atoms with Crippen molar-refractivity contribution >= 4 is 12.0 Å². The average molecular weight is 294 g/mol. The van der Waals surface area contributed by atoms with E-state index in [-0.39, 0.29) is 6.04 Å². The van der Waals surface area contributed by atoms with Crippen molar-refractivity contribution in [3.05, 3.63) is 23.2 Å². The summed E-state index contributed by atoms with van der Waals surface area (Å²) in [6, 6.07) is 1.18. The number of urea groups is 1. The van der Waals surface area contributed by atoms with E-state index in [1.165, 1.54) is 0 Å². The molecule has 1 heterocycles. The molecule has 0 aliphatic heterocycles. The first-order valence-corrected chi connectivity index (χ1v) is 7.23. The number of carboxylic acids is 1. The van der Waals surface area contributed by atoms with Crippen LogP contribution in [0.5, 0.6) is 0 Å². The lowest BCUT2D eigenvalue weighted by atomic mass is 9.98. The van der Waals surface area contributed by atoms with Crippen LogP contribution in [0.25, 0.3) is 0 Å². The van der Waals surface area contributed by atoms with Gasteiger partial charge in [-0.25, -0.2) is 9.59 Å². The van der Waals surface area contributed by atoms with E-state index in [1.807, 2.05) is 26.8 Å². The maximum Gasteiger partial charge on any atom is 0.329 e. The summed E-state index contributed by atoms with van der Waals surface area (Å²) in [5, 5.41) is 14.8. The van der Waals surface area contributed by atoms with Crippen LogP contribution >= 0.6 is 0 Å². The predicted octanol–water partition coefficient (Wildman–Crippen LogP) is 2.65. The third kappa shape index (κ3) is 3.20. The van der Waals surface area contributed by atoms with E-state index >= 15 is 0 Å². The van der Waals surface area contributed by atoms with Crippen molar-refractivity contribution in [1.82, 2.24) is 10.6 Å². The van der Waals surface area contributed by atoms with E-state index in [9.17, 15) is 14.7 Å². The van der Waals surface area contributed by atoms with Crippen LogP contribution in [0, 0.1) is 13.8 Å². The van der Waals surface area contributed by atoms with E-state index in [0.717, 1.165) is 29.9 Å². The van der Waals surface area contributed by atoms with Crippen molar-refractivity contribution in [1.29, 1.82) is 0 Å². The Morgan fingerprint density at radius 2 is 1.95 bits per heavy atom. The van der Waals surface area contributed by atoms with Gasteiger partial charge in [0.15, 0.2) is 0 Å². The number of hydrogen-bond acceptors (Lipinski definition) is 3. The first-order valence-electron chi connectivity index (χ1n) is 7.23. The lowest BCUT2D eigenvalue weighted by Gasteiger charge is -2.26. The van der Waals surface area contributed by atoms with Gasteiger partial charge < -0.3 is 20.2 Å². The van der Waals surface area contributed by atoms with Crippen LogP contribution in [0.2, 0.25) is 0 Å². The van der Waals surface area contributed by atoms with Gasteiger partial charge >= 0.3 is 12.0 Å². The largest absolute Gasteiger partial charge is 0.480 e. The fraction of sp³-hybridized carbons (Fsp3) is 0.600. The molecule has 0 bridgehead atoms. The van der Waals surface area contributed by atoms with Gasteiger partial charge in [-0.1, -0.05) is 12.8 Å². The van der Waals surface area contributed by atoms with Crippen LogP contribution in [-0.4, -0.2) is 22.6 Å². The number of carbonyl (C=O) groups is 2. The highest BCUT2D eigenvalue weighted by Gasteiger charge is 2.42. The molecule has 0 radical (unpaired) electrons. The van der Waals surface area contributed by atoms with E-state index in [2.05, 4.69) is 10.6 Å². The van der Waals surface area contributed by atoms with E-state index in [0.29, 0.717) is 12.8 Å². The van der Waals surface area contributed by atoms with Gasteiger partial charge in [-0.3, -0.25) is 0 Å². The van der Waals surface area contributed by atoms with Gasteiger partial charge in [0.25, 0.3) is 0 Å². The second-order valence-corrected chi connectivity index (χ2v) is 5.78. The number of amides is 2. The molecular weight excluding hydrogens is 272 g/mol. The Balaban J connectivity index is 2.01.